The lowest BCUT2D eigenvalue weighted by molar-refractivity contribution is 0.101. The largest absolute Gasteiger partial charge is 0.320 e. The van der Waals surface area contributed by atoms with Gasteiger partial charge in [0, 0.05) is 11.1 Å². The highest BCUT2D eigenvalue weighted by molar-refractivity contribution is 6.10. The van der Waals surface area contributed by atoms with E-state index in [1.807, 2.05) is 60.7 Å². The molecule has 0 saturated heterocycles. The summed E-state index contributed by atoms with van der Waals surface area (Å²) < 4.78 is 0. The lowest BCUT2D eigenvalue weighted by Gasteiger charge is -2.13. The van der Waals surface area contributed by atoms with Crippen molar-refractivity contribution in [2.24, 2.45) is 0 Å². The Labute approximate surface area is 178 Å². The summed E-state index contributed by atoms with van der Waals surface area (Å²) in [5, 5.41) is 5.81. The monoisotopic (exact) mass is 400 g/mol. The van der Waals surface area contributed by atoms with Gasteiger partial charge in [0.05, 0.1) is 11.4 Å². The minimum atomic E-state index is -0.215. The first-order valence-corrected chi connectivity index (χ1v) is 10.3. The summed E-state index contributed by atoms with van der Waals surface area (Å²) in [6, 6.07) is 22.4. The average Bonchev–Trinajstić information content (AvgIpc) is 2.75. The van der Waals surface area contributed by atoms with Crippen LogP contribution in [-0.2, 0) is 0 Å². The minimum Gasteiger partial charge on any atom is -0.320 e. The number of amides is 2. The first-order chi connectivity index (χ1) is 14.3. The van der Waals surface area contributed by atoms with Crippen LogP contribution in [0.3, 0.4) is 0 Å². The summed E-state index contributed by atoms with van der Waals surface area (Å²) >= 11 is 0. The zero-order chi connectivity index (χ0) is 21.7. The van der Waals surface area contributed by atoms with E-state index in [1.165, 1.54) is 11.1 Å². The van der Waals surface area contributed by atoms with E-state index >= 15 is 0 Å². The number of anilines is 2. The van der Waals surface area contributed by atoms with Gasteiger partial charge in [-0.25, -0.2) is 0 Å². The van der Waals surface area contributed by atoms with Crippen LogP contribution in [0.4, 0.5) is 11.4 Å². The third-order valence-electron chi connectivity index (χ3n) is 5.10. The van der Waals surface area contributed by atoms with Gasteiger partial charge in [-0.15, -0.1) is 0 Å². The van der Waals surface area contributed by atoms with E-state index in [4.69, 9.17) is 0 Å². The third-order valence-corrected chi connectivity index (χ3v) is 5.10. The molecule has 154 valence electrons. The lowest BCUT2D eigenvalue weighted by Crippen LogP contribution is -2.17. The summed E-state index contributed by atoms with van der Waals surface area (Å²) in [6.07, 6.45) is 0. The number of nitrogens with one attached hydrogen (secondary N) is 2. The molecule has 0 aliphatic rings. The summed E-state index contributed by atoms with van der Waals surface area (Å²) in [5.41, 5.74) is 4.63. The molecule has 30 heavy (non-hydrogen) atoms. The fourth-order valence-electron chi connectivity index (χ4n) is 3.13. The number of rotatable bonds is 6. The number of hydrogen-bond acceptors (Lipinski definition) is 2. The maximum absolute atomic E-state index is 12.7. The molecule has 0 spiro atoms. The van der Waals surface area contributed by atoms with Crippen molar-refractivity contribution < 1.29 is 9.59 Å². The van der Waals surface area contributed by atoms with Gasteiger partial charge in [-0.2, -0.15) is 0 Å². The highest BCUT2D eigenvalue weighted by Crippen LogP contribution is 2.23. The van der Waals surface area contributed by atoms with E-state index in [1.54, 1.807) is 12.1 Å². The normalized spacial score (nSPS) is 10.9. The quantitative estimate of drug-likeness (QED) is 0.500. The summed E-state index contributed by atoms with van der Waals surface area (Å²) in [6.45, 7) is 8.46. The van der Waals surface area contributed by atoms with Gasteiger partial charge in [0.25, 0.3) is 11.8 Å². The number of carbonyl (C=O) groups is 2. The number of benzene rings is 3. The molecular weight excluding hydrogens is 372 g/mol. The zero-order valence-corrected chi connectivity index (χ0v) is 17.9. The lowest BCUT2D eigenvalue weighted by atomic mass is 10.0. The molecule has 0 unspecified atom stereocenters. The number of para-hydroxylation sites is 2. The summed E-state index contributed by atoms with van der Waals surface area (Å²) in [4.78, 5) is 25.4. The molecule has 0 saturated carbocycles. The molecule has 2 N–H and O–H groups in total. The second-order valence-corrected chi connectivity index (χ2v) is 8.01. The second-order valence-electron chi connectivity index (χ2n) is 8.01. The maximum Gasteiger partial charge on any atom is 0.255 e. The average molecular weight is 401 g/mol. The molecule has 2 amide bonds. The second kappa shape index (κ2) is 9.40. The Hall–Kier alpha value is -3.40. The van der Waals surface area contributed by atoms with Gasteiger partial charge in [0.1, 0.15) is 0 Å². The van der Waals surface area contributed by atoms with Gasteiger partial charge in [0.15, 0.2) is 0 Å². The van der Waals surface area contributed by atoms with Crippen LogP contribution < -0.4 is 10.6 Å². The molecule has 0 aliphatic heterocycles. The van der Waals surface area contributed by atoms with Crippen molar-refractivity contribution >= 4 is 23.2 Å². The van der Waals surface area contributed by atoms with E-state index in [0.717, 1.165) is 0 Å². The van der Waals surface area contributed by atoms with Crippen molar-refractivity contribution in [3.63, 3.8) is 0 Å². The Morgan fingerprint density at radius 1 is 0.567 bits per heavy atom. The van der Waals surface area contributed by atoms with Crippen LogP contribution in [0.5, 0.6) is 0 Å². The van der Waals surface area contributed by atoms with Crippen molar-refractivity contribution in [1.82, 2.24) is 0 Å². The predicted octanol–water partition coefficient (Wildman–Crippen LogP) is 6.44. The SMILES string of the molecule is CC(C)c1ccc(C(=O)Nc2ccccc2NC(=O)c2ccc(C(C)C)cc2)cc1. The first-order valence-electron chi connectivity index (χ1n) is 10.3. The zero-order valence-electron chi connectivity index (χ0n) is 17.9. The summed E-state index contributed by atoms with van der Waals surface area (Å²) in [7, 11) is 0. The molecule has 0 fully saturated rings. The Bertz CT molecular complexity index is 935. The molecule has 3 aromatic rings. The van der Waals surface area contributed by atoms with Crippen molar-refractivity contribution in [2.75, 3.05) is 10.6 Å². The van der Waals surface area contributed by atoms with Crippen molar-refractivity contribution in [3.8, 4) is 0 Å². The Kier molecular flexibility index (Phi) is 6.68. The standard InChI is InChI=1S/C26H28N2O2/c1-17(2)19-9-13-21(14-10-19)25(29)27-23-7-5-6-8-24(23)28-26(30)22-15-11-20(12-16-22)18(3)4/h5-18H,1-4H3,(H,27,29)(H,28,30). The third kappa shape index (κ3) is 5.15. The molecule has 0 heterocycles. The molecule has 3 rings (SSSR count). The summed E-state index contributed by atoms with van der Waals surface area (Å²) in [5.74, 6) is 0.391. The Morgan fingerprint density at radius 2 is 0.900 bits per heavy atom. The van der Waals surface area contributed by atoms with Crippen molar-refractivity contribution in [3.05, 3.63) is 95.1 Å². The smallest absolute Gasteiger partial charge is 0.255 e. The van der Waals surface area contributed by atoms with E-state index in [0.29, 0.717) is 34.3 Å². The van der Waals surface area contributed by atoms with Crippen molar-refractivity contribution in [2.45, 2.75) is 39.5 Å². The van der Waals surface area contributed by atoms with E-state index in [-0.39, 0.29) is 11.8 Å². The molecule has 4 heteroatoms. The van der Waals surface area contributed by atoms with Crippen LogP contribution in [0.15, 0.2) is 72.8 Å². The van der Waals surface area contributed by atoms with Crippen LogP contribution in [-0.4, -0.2) is 11.8 Å². The number of carbonyl (C=O) groups excluding carboxylic acids is 2. The van der Waals surface area contributed by atoms with Gasteiger partial charge >= 0.3 is 0 Å². The Balaban J connectivity index is 1.73. The molecule has 0 bridgehead atoms. The molecule has 0 radical (unpaired) electrons. The molecule has 0 aliphatic carbocycles. The van der Waals surface area contributed by atoms with E-state index < -0.39 is 0 Å². The number of hydrogen-bond donors (Lipinski definition) is 2. The predicted molar refractivity (Wildman–Crippen MR) is 123 cm³/mol. The molecule has 3 aromatic carbocycles. The van der Waals surface area contributed by atoms with Gasteiger partial charge in [-0.05, 0) is 59.4 Å². The van der Waals surface area contributed by atoms with Gasteiger partial charge < -0.3 is 10.6 Å². The fourth-order valence-corrected chi connectivity index (χ4v) is 3.13. The molecular formula is C26H28N2O2. The van der Waals surface area contributed by atoms with E-state index in [2.05, 4.69) is 38.3 Å². The minimum absolute atomic E-state index is 0.215. The highest BCUT2D eigenvalue weighted by atomic mass is 16.2. The molecule has 0 atom stereocenters. The first kappa shape index (κ1) is 21.3. The van der Waals surface area contributed by atoms with Crippen LogP contribution in [0.2, 0.25) is 0 Å². The van der Waals surface area contributed by atoms with Gasteiger partial charge in [-0.1, -0.05) is 64.1 Å². The van der Waals surface area contributed by atoms with Gasteiger partial charge in [-0.3, -0.25) is 9.59 Å². The molecule has 4 nitrogen and oxygen atoms in total. The van der Waals surface area contributed by atoms with E-state index in [9.17, 15) is 9.59 Å². The van der Waals surface area contributed by atoms with Gasteiger partial charge in [0.2, 0.25) is 0 Å². The fraction of sp³-hybridized carbons (Fsp3) is 0.231. The van der Waals surface area contributed by atoms with Crippen LogP contribution in [0.25, 0.3) is 0 Å². The molecule has 0 aromatic heterocycles. The van der Waals surface area contributed by atoms with Crippen molar-refractivity contribution in [1.29, 1.82) is 0 Å². The Morgan fingerprint density at radius 3 is 1.20 bits per heavy atom. The highest BCUT2D eigenvalue weighted by Gasteiger charge is 2.13. The maximum atomic E-state index is 12.7. The topological polar surface area (TPSA) is 58.2 Å². The van der Waals surface area contributed by atoms with Crippen LogP contribution in [0.1, 0.15) is 71.4 Å². The van der Waals surface area contributed by atoms with Crippen LogP contribution >= 0.6 is 0 Å². The van der Waals surface area contributed by atoms with Crippen LogP contribution in [0, 0.1) is 0 Å².